The zero-order valence-electron chi connectivity index (χ0n) is 13.9. The average molecular weight is 278 g/mol. The quantitative estimate of drug-likeness (QED) is 0.706. The number of benzene rings is 1. The summed E-state index contributed by atoms with van der Waals surface area (Å²) >= 11 is 0. The predicted octanol–water partition coefficient (Wildman–Crippen LogP) is 4.29. The monoisotopic (exact) mass is 278 g/mol. The van der Waals surface area contributed by atoms with Crippen LogP contribution in [0.25, 0.3) is 0 Å². The number of hydrogen-bond donors (Lipinski definition) is 0. The summed E-state index contributed by atoms with van der Waals surface area (Å²) < 4.78 is 11.2. The summed E-state index contributed by atoms with van der Waals surface area (Å²) in [7, 11) is 3.57. The Morgan fingerprint density at radius 1 is 1.00 bits per heavy atom. The van der Waals surface area contributed by atoms with Crippen LogP contribution in [0.5, 0.6) is 0 Å². The first kappa shape index (κ1) is 17.2. The predicted molar refractivity (Wildman–Crippen MR) is 85.1 cm³/mol. The highest BCUT2D eigenvalue weighted by Gasteiger charge is 2.49. The average Bonchev–Trinajstić information content (AvgIpc) is 2.46. The van der Waals surface area contributed by atoms with E-state index in [0.717, 1.165) is 6.42 Å². The summed E-state index contributed by atoms with van der Waals surface area (Å²) in [6.07, 6.45) is 1.11. The van der Waals surface area contributed by atoms with Gasteiger partial charge in [-0.1, -0.05) is 64.4 Å². The van der Waals surface area contributed by atoms with Gasteiger partial charge in [0.25, 0.3) is 0 Å². The first-order chi connectivity index (χ1) is 9.46. The van der Waals surface area contributed by atoms with Crippen molar-refractivity contribution >= 4 is 0 Å². The van der Waals surface area contributed by atoms with Crippen LogP contribution in [-0.2, 0) is 14.9 Å². The molecule has 0 aliphatic heterocycles. The van der Waals surface area contributed by atoms with E-state index in [0.29, 0.717) is 19.1 Å². The minimum Gasteiger partial charge on any atom is -0.384 e. The Labute approximate surface area is 124 Å². The molecule has 0 bridgehead atoms. The van der Waals surface area contributed by atoms with Crippen LogP contribution in [0.15, 0.2) is 30.3 Å². The molecule has 0 saturated heterocycles. The molecule has 1 unspecified atom stereocenters. The Hall–Kier alpha value is -0.860. The first-order valence-corrected chi connectivity index (χ1v) is 7.49. The number of ether oxygens (including phenoxy) is 2. The summed E-state index contributed by atoms with van der Waals surface area (Å²) in [6.45, 7) is 10.6. The maximum atomic E-state index is 5.61. The molecule has 2 heteroatoms. The fraction of sp³-hybridized carbons (Fsp3) is 0.667. The van der Waals surface area contributed by atoms with Gasteiger partial charge in [0.1, 0.15) is 0 Å². The van der Waals surface area contributed by atoms with Gasteiger partial charge >= 0.3 is 0 Å². The lowest BCUT2D eigenvalue weighted by Crippen LogP contribution is -2.52. The molecule has 0 aromatic heterocycles. The van der Waals surface area contributed by atoms with Crippen LogP contribution in [0.4, 0.5) is 0 Å². The molecule has 0 radical (unpaired) electrons. The minimum absolute atomic E-state index is 0.0181. The molecule has 0 saturated carbocycles. The van der Waals surface area contributed by atoms with Gasteiger partial charge in [-0.05, 0) is 16.9 Å². The lowest BCUT2D eigenvalue weighted by molar-refractivity contribution is -0.0723. The molecule has 0 N–H and O–H groups in total. The van der Waals surface area contributed by atoms with Crippen molar-refractivity contribution in [1.29, 1.82) is 0 Å². The van der Waals surface area contributed by atoms with Gasteiger partial charge in [0.15, 0.2) is 0 Å². The van der Waals surface area contributed by atoms with E-state index in [9.17, 15) is 0 Å². The summed E-state index contributed by atoms with van der Waals surface area (Å²) in [5.74, 6) is 0.512. The van der Waals surface area contributed by atoms with Gasteiger partial charge in [-0.2, -0.15) is 0 Å². The molecule has 0 fully saturated rings. The Balaban J connectivity index is 3.33. The van der Waals surface area contributed by atoms with E-state index in [1.165, 1.54) is 5.56 Å². The molecule has 1 atom stereocenters. The van der Waals surface area contributed by atoms with Crippen molar-refractivity contribution in [2.45, 2.75) is 39.5 Å². The maximum Gasteiger partial charge on any atom is 0.0551 e. The molecule has 1 rings (SSSR count). The maximum absolute atomic E-state index is 5.61. The Morgan fingerprint density at radius 3 is 1.90 bits per heavy atom. The molecule has 1 aromatic carbocycles. The fourth-order valence-corrected chi connectivity index (χ4v) is 3.35. The number of hydrogen-bond acceptors (Lipinski definition) is 2. The van der Waals surface area contributed by atoms with Gasteiger partial charge in [-0.25, -0.2) is 0 Å². The van der Waals surface area contributed by atoms with Crippen LogP contribution in [0.2, 0.25) is 0 Å². The van der Waals surface area contributed by atoms with Crippen LogP contribution in [0.3, 0.4) is 0 Å². The summed E-state index contributed by atoms with van der Waals surface area (Å²) in [5.41, 5.74) is 1.29. The van der Waals surface area contributed by atoms with E-state index in [1.54, 1.807) is 14.2 Å². The van der Waals surface area contributed by atoms with E-state index in [2.05, 4.69) is 58.0 Å². The largest absolute Gasteiger partial charge is 0.384 e. The van der Waals surface area contributed by atoms with Gasteiger partial charge in [0, 0.05) is 19.6 Å². The molecule has 20 heavy (non-hydrogen) atoms. The zero-order chi connectivity index (χ0) is 15.2. The highest BCUT2D eigenvalue weighted by molar-refractivity contribution is 5.27. The van der Waals surface area contributed by atoms with Crippen molar-refractivity contribution in [3.8, 4) is 0 Å². The second-order valence-corrected chi connectivity index (χ2v) is 6.32. The third kappa shape index (κ3) is 3.07. The van der Waals surface area contributed by atoms with Gasteiger partial charge in [-0.3, -0.25) is 0 Å². The molecule has 0 spiro atoms. The third-order valence-electron chi connectivity index (χ3n) is 5.10. The normalized spacial score (nSPS) is 14.3. The summed E-state index contributed by atoms with van der Waals surface area (Å²) in [5, 5.41) is 0. The van der Waals surface area contributed by atoms with Crippen LogP contribution in [0, 0.1) is 11.3 Å². The minimum atomic E-state index is -0.0351. The fourth-order valence-electron chi connectivity index (χ4n) is 3.35. The molecule has 0 amide bonds. The highest BCUT2D eigenvalue weighted by Crippen LogP contribution is 2.48. The summed E-state index contributed by atoms with van der Waals surface area (Å²) in [4.78, 5) is 0. The lowest BCUT2D eigenvalue weighted by atomic mass is 9.56. The Kier molecular flexibility index (Phi) is 6.22. The van der Waals surface area contributed by atoms with Crippen molar-refractivity contribution in [1.82, 2.24) is 0 Å². The van der Waals surface area contributed by atoms with Gasteiger partial charge in [-0.15, -0.1) is 0 Å². The third-order valence-corrected chi connectivity index (χ3v) is 5.10. The Bertz CT molecular complexity index is 378. The molecule has 0 heterocycles. The van der Waals surface area contributed by atoms with Gasteiger partial charge in [0.05, 0.1) is 13.2 Å². The van der Waals surface area contributed by atoms with Crippen molar-refractivity contribution in [3.05, 3.63) is 35.9 Å². The Morgan fingerprint density at radius 2 is 1.50 bits per heavy atom. The second-order valence-electron chi connectivity index (χ2n) is 6.32. The van der Waals surface area contributed by atoms with Crippen molar-refractivity contribution in [2.75, 3.05) is 27.4 Å². The molecule has 1 aromatic rings. The molecule has 0 aliphatic rings. The van der Waals surface area contributed by atoms with Crippen LogP contribution < -0.4 is 0 Å². The standard InChI is InChI=1S/C18H30O2/c1-7-15(2)18(13-19-5,14-20-6)17(3,4)16-11-9-8-10-12-16/h8-12,15H,7,13-14H2,1-6H3. The van der Waals surface area contributed by atoms with Gasteiger partial charge < -0.3 is 9.47 Å². The second kappa shape index (κ2) is 7.24. The first-order valence-electron chi connectivity index (χ1n) is 7.49. The SMILES string of the molecule is CCC(C)C(COC)(COC)C(C)(C)c1ccccc1. The topological polar surface area (TPSA) is 18.5 Å². The van der Waals surface area contributed by atoms with Crippen LogP contribution in [-0.4, -0.2) is 27.4 Å². The van der Waals surface area contributed by atoms with E-state index in [-0.39, 0.29) is 10.8 Å². The van der Waals surface area contributed by atoms with Crippen LogP contribution >= 0.6 is 0 Å². The van der Waals surface area contributed by atoms with E-state index < -0.39 is 0 Å². The summed E-state index contributed by atoms with van der Waals surface area (Å²) in [6, 6.07) is 10.7. The van der Waals surface area contributed by atoms with Crippen molar-refractivity contribution in [3.63, 3.8) is 0 Å². The zero-order valence-corrected chi connectivity index (χ0v) is 13.9. The smallest absolute Gasteiger partial charge is 0.0551 e. The highest BCUT2D eigenvalue weighted by atomic mass is 16.5. The number of rotatable bonds is 8. The molecule has 0 aliphatic carbocycles. The van der Waals surface area contributed by atoms with E-state index >= 15 is 0 Å². The number of methoxy groups -OCH3 is 2. The molecular weight excluding hydrogens is 248 g/mol. The lowest BCUT2D eigenvalue weighted by Gasteiger charge is -2.50. The van der Waals surface area contributed by atoms with Gasteiger partial charge in [0.2, 0.25) is 0 Å². The van der Waals surface area contributed by atoms with Crippen molar-refractivity contribution < 1.29 is 9.47 Å². The molecular formula is C18H30O2. The molecule has 114 valence electrons. The van der Waals surface area contributed by atoms with E-state index in [1.807, 2.05) is 0 Å². The molecule has 2 nitrogen and oxygen atoms in total. The van der Waals surface area contributed by atoms with Crippen LogP contribution in [0.1, 0.15) is 39.7 Å². The van der Waals surface area contributed by atoms with E-state index in [4.69, 9.17) is 9.47 Å². The van der Waals surface area contributed by atoms with Crippen molar-refractivity contribution in [2.24, 2.45) is 11.3 Å².